The lowest BCUT2D eigenvalue weighted by Crippen LogP contribution is -1.86. The van der Waals surface area contributed by atoms with Crippen LogP contribution >= 0.6 is 0 Å². The Morgan fingerprint density at radius 3 is 0.850 bits per heavy atom. The fraction of sp³-hybridized carbons (Fsp3) is 0.167. The number of carboxylic acid groups (broad SMARTS) is 4. The number of hydrogen-bond donors (Lipinski definition) is 4. The van der Waals surface area contributed by atoms with Crippen molar-refractivity contribution in [2.75, 3.05) is 0 Å². The molecular weight excluding hydrogens is 272 g/mol. The maximum Gasteiger partial charge on any atom is 0.327 e. The van der Waals surface area contributed by atoms with E-state index >= 15 is 0 Å². The fourth-order valence-corrected chi connectivity index (χ4v) is 0. The van der Waals surface area contributed by atoms with Crippen LogP contribution in [0.2, 0.25) is 0 Å². The summed E-state index contributed by atoms with van der Waals surface area (Å²) in [5, 5.41) is 30.5. The van der Waals surface area contributed by atoms with Crippen molar-refractivity contribution < 1.29 is 39.6 Å². The van der Waals surface area contributed by atoms with E-state index in [1.165, 1.54) is 0 Å². The molecule has 0 heterocycles. The Bertz CT molecular complexity index is 301. The van der Waals surface area contributed by atoms with Gasteiger partial charge in [0.2, 0.25) is 0 Å². The van der Waals surface area contributed by atoms with Gasteiger partial charge in [-0.1, -0.05) is 26.7 Å². The first kappa shape index (κ1) is 25.8. The molecule has 0 aromatic carbocycles. The zero-order valence-corrected chi connectivity index (χ0v) is 11.0. The molecule has 0 fully saturated rings. The highest BCUT2D eigenvalue weighted by atomic mass is 16.4. The van der Waals surface area contributed by atoms with E-state index in [0.29, 0.717) is 0 Å². The van der Waals surface area contributed by atoms with Crippen LogP contribution in [0.3, 0.4) is 0 Å². The van der Waals surface area contributed by atoms with Gasteiger partial charge in [-0.2, -0.15) is 0 Å². The normalized spacial score (nSPS) is 6.65. The van der Waals surface area contributed by atoms with Crippen molar-refractivity contribution in [3.63, 3.8) is 0 Å². The second-order valence-electron chi connectivity index (χ2n) is 2.37. The minimum absolute atomic E-state index is 0.222. The first-order chi connectivity index (χ1) is 9.08. The number of hydrogen-bond acceptors (Lipinski definition) is 4. The summed E-state index contributed by atoms with van der Waals surface area (Å²) in [7, 11) is 0. The van der Waals surface area contributed by atoms with Crippen molar-refractivity contribution in [1.82, 2.24) is 0 Å². The van der Waals surface area contributed by atoms with Gasteiger partial charge in [0.05, 0.1) is 0 Å². The first-order valence-corrected chi connectivity index (χ1v) is 4.86. The summed E-state index contributed by atoms with van der Waals surface area (Å²) in [6.07, 6.45) is 2.72. The molecule has 0 radical (unpaired) electrons. The third kappa shape index (κ3) is 115. The molecule has 4 N–H and O–H groups in total. The van der Waals surface area contributed by atoms with Crippen LogP contribution in [0.4, 0.5) is 0 Å². The van der Waals surface area contributed by atoms with Crippen molar-refractivity contribution in [2.45, 2.75) is 13.3 Å². The average Bonchev–Trinajstić information content (AvgIpc) is 2.40. The summed E-state index contributed by atoms with van der Waals surface area (Å²) in [6, 6.07) is 0. The summed E-state index contributed by atoms with van der Waals surface area (Å²) < 4.78 is 0. The Balaban J connectivity index is -0.0000000853. The van der Waals surface area contributed by atoms with E-state index in [1.54, 1.807) is 6.92 Å². The number of aliphatic carboxylic acids is 4. The van der Waals surface area contributed by atoms with Gasteiger partial charge in [-0.25, -0.2) is 14.4 Å². The van der Waals surface area contributed by atoms with Gasteiger partial charge in [0.1, 0.15) is 0 Å². The highest BCUT2D eigenvalue weighted by Crippen LogP contribution is 1.67. The molecule has 0 aromatic heterocycles. The Labute approximate surface area is 116 Å². The van der Waals surface area contributed by atoms with Gasteiger partial charge < -0.3 is 20.4 Å². The van der Waals surface area contributed by atoms with E-state index < -0.39 is 23.9 Å². The van der Waals surface area contributed by atoms with E-state index in [-0.39, 0.29) is 6.42 Å². The van der Waals surface area contributed by atoms with Crippen molar-refractivity contribution >= 4 is 23.9 Å². The third-order valence-electron chi connectivity index (χ3n) is 0.826. The van der Waals surface area contributed by atoms with E-state index in [0.717, 1.165) is 18.2 Å². The second kappa shape index (κ2) is 21.4. The predicted octanol–water partition coefficient (Wildman–Crippen LogP) is 1.25. The second-order valence-corrected chi connectivity index (χ2v) is 2.37. The average molecular weight is 290 g/mol. The summed E-state index contributed by atoms with van der Waals surface area (Å²) >= 11 is 0. The van der Waals surface area contributed by atoms with Gasteiger partial charge in [-0.15, -0.1) is 0 Å². The molecule has 0 aliphatic heterocycles. The molecule has 20 heavy (non-hydrogen) atoms. The molecule has 0 aromatic rings. The van der Waals surface area contributed by atoms with Crippen LogP contribution in [0, 0.1) is 0 Å². The zero-order chi connectivity index (χ0) is 17.1. The lowest BCUT2D eigenvalue weighted by Gasteiger charge is -1.71. The zero-order valence-electron chi connectivity index (χ0n) is 11.0. The number of carbonyl (C=O) groups is 4. The highest BCUT2D eigenvalue weighted by Gasteiger charge is 1.80. The molecule has 0 spiro atoms. The van der Waals surface area contributed by atoms with Gasteiger partial charge in [-0.05, 0) is 0 Å². The minimum atomic E-state index is -0.981. The fourth-order valence-electron chi connectivity index (χ4n) is 0. The first-order valence-electron chi connectivity index (χ1n) is 4.86. The van der Waals surface area contributed by atoms with Crippen molar-refractivity contribution in [2.24, 2.45) is 0 Å². The Morgan fingerprint density at radius 2 is 0.850 bits per heavy atom. The lowest BCUT2D eigenvalue weighted by atomic mass is 10.5. The molecular formula is C12H18O8. The van der Waals surface area contributed by atoms with Crippen LogP contribution < -0.4 is 0 Å². The van der Waals surface area contributed by atoms with Gasteiger partial charge in [0.15, 0.2) is 0 Å². The summed E-state index contributed by atoms with van der Waals surface area (Å²) in [5.74, 6) is -3.69. The molecule has 0 aliphatic carbocycles. The van der Waals surface area contributed by atoms with Crippen molar-refractivity contribution in [3.8, 4) is 0 Å². The minimum Gasteiger partial charge on any atom is -0.481 e. The maximum absolute atomic E-state index is 9.37. The summed E-state index contributed by atoms with van der Waals surface area (Å²) in [5.41, 5.74) is 0. The molecule has 0 saturated carbocycles. The SMILES string of the molecule is C=CC(=O)O.C=CC(=O)O.C=CC(=O)O.CCC(=O)O. The molecule has 0 bridgehead atoms. The maximum atomic E-state index is 9.37. The Morgan fingerprint density at radius 1 is 0.750 bits per heavy atom. The number of rotatable bonds is 4. The van der Waals surface area contributed by atoms with Crippen LogP contribution in [0.5, 0.6) is 0 Å². The standard InChI is InChI=1S/C3H6O2.3C3H4O2/c4*1-2-3(4)5/h2H2,1H3,(H,4,5);3*2H,1H2,(H,4,5). The largest absolute Gasteiger partial charge is 0.481 e. The molecule has 8 heteroatoms. The van der Waals surface area contributed by atoms with Crippen molar-refractivity contribution in [1.29, 1.82) is 0 Å². The van der Waals surface area contributed by atoms with Crippen LogP contribution in [0.1, 0.15) is 13.3 Å². The smallest absolute Gasteiger partial charge is 0.327 e. The molecule has 0 saturated heterocycles. The van der Waals surface area contributed by atoms with E-state index in [1.807, 2.05) is 0 Å². The molecule has 114 valence electrons. The van der Waals surface area contributed by atoms with Gasteiger partial charge in [0, 0.05) is 24.6 Å². The van der Waals surface area contributed by atoms with Gasteiger partial charge >= 0.3 is 23.9 Å². The van der Waals surface area contributed by atoms with Crippen LogP contribution in [-0.4, -0.2) is 44.3 Å². The van der Waals surface area contributed by atoms with Crippen LogP contribution in [0.15, 0.2) is 38.0 Å². The monoisotopic (exact) mass is 290 g/mol. The van der Waals surface area contributed by atoms with E-state index in [4.69, 9.17) is 20.4 Å². The van der Waals surface area contributed by atoms with Crippen LogP contribution in [0.25, 0.3) is 0 Å². The highest BCUT2D eigenvalue weighted by molar-refractivity contribution is 5.79. The lowest BCUT2D eigenvalue weighted by molar-refractivity contribution is -0.137. The van der Waals surface area contributed by atoms with E-state index in [2.05, 4.69) is 19.7 Å². The van der Waals surface area contributed by atoms with E-state index in [9.17, 15) is 19.2 Å². The third-order valence-corrected chi connectivity index (χ3v) is 0.826. The Hall–Kier alpha value is -2.90. The molecule has 0 unspecified atom stereocenters. The Kier molecular flexibility index (Phi) is 27.6. The molecule has 0 amide bonds. The number of carboxylic acids is 4. The van der Waals surface area contributed by atoms with Gasteiger partial charge in [-0.3, -0.25) is 4.79 Å². The topological polar surface area (TPSA) is 149 Å². The summed E-state index contributed by atoms with van der Waals surface area (Å²) in [4.78, 5) is 37.1. The quantitative estimate of drug-likeness (QED) is 0.565. The summed E-state index contributed by atoms with van der Waals surface area (Å²) in [6.45, 7) is 10.5. The van der Waals surface area contributed by atoms with Crippen molar-refractivity contribution in [3.05, 3.63) is 38.0 Å². The predicted molar refractivity (Wildman–Crippen MR) is 71.4 cm³/mol. The molecule has 0 rings (SSSR count). The molecule has 0 aliphatic rings. The van der Waals surface area contributed by atoms with Crippen LogP contribution in [-0.2, 0) is 19.2 Å². The van der Waals surface area contributed by atoms with Gasteiger partial charge in [0.25, 0.3) is 0 Å². The molecule has 0 atom stereocenters. The molecule has 8 nitrogen and oxygen atoms in total.